The van der Waals surface area contributed by atoms with E-state index in [9.17, 15) is 9.59 Å². The van der Waals surface area contributed by atoms with Gasteiger partial charge >= 0.3 is 0 Å². The van der Waals surface area contributed by atoms with Crippen molar-refractivity contribution in [1.82, 2.24) is 15.1 Å². The molecule has 7 nitrogen and oxygen atoms in total. The van der Waals surface area contributed by atoms with Crippen LogP contribution in [-0.4, -0.2) is 28.1 Å². The molecule has 0 saturated carbocycles. The Bertz CT molecular complexity index is 758. The molecule has 22 heavy (non-hydrogen) atoms. The number of aryl methyl sites for hydroxylation is 2. The third-order valence-corrected chi connectivity index (χ3v) is 2.92. The average molecular weight is 297 g/mol. The summed E-state index contributed by atoms with van der Waals surface area (Å²) in [6, 6.07) is 10.2. The van der Waals surface area contributed by atoms with E-state index in [-0.39, 0.29) is 18.4 Å². The zero-order valence-corrected chi connectivity index (χ0v) is 12.3. The van der Waals surface area contributed by atoms with Crippen LogP contribution in [0.2, 0.25) is 0 Å². The van der Waals surface area contributed by atoms with E-state index in [2.05, 4.69) is 15.7 Å². The van der Waals surface area contributed by atoms with Gasteiger partial charge in [-0.05, 0) is 31.2 Å². The molecule has 0 bridgehead atoms. The van der Waals surface area contributed by atoms with Crippen LogP contribution in [-0.2, 0) is 11.8 Å². The normalized spacial score (nSPS) is 9.86. The van der Waals surface area contributed by atoms with Crippen LogP contribution in [0.5, 0.6) is 0 Å². The molecule has 2 amide bonds. The van der Waals surface area contributed by atoms with Crippen molar-refractivity contribution in [2.24, 2.45) is 7.05 Å². The van der Waals surface area contributed by atoms with Crippen molar-refractivity contribution in [3.63, 3.8) is 0 Å². The van der Waals surface area contributed by atoms with Crippen LogP contribution in [0.15, 0.2) is 30.3 Å². The SMILES string of the molecule is Cc1cc(C(=O)NCC(=O)Nc2cccc(C#N)c2)n(C)n1. The summed E-state index contributed by atoms with van der Waals surface area (Å²) in [6.07, 6.45) is 0. The molecule has 0 unspecified atom stereocenters. The first-order chi connectivity index (χ1) is 10.5. The molecule has 0 atom stereocenters. The summed E-state index contributed by atoms with van der Waals surface area (Å²) in [5, 5.41) is 18.0. The molecule has 112 valence electrons. The Morgan fingerprint density at radius 2 is 2.14 bits per heavy atom. The van der Waals surface area contributed by atoms with Gasteiger partial charge in [-0.15, -0.1) is 0 Å². The van der Waals surface area contributed by atoms with Gasteiger partial charge in [0.05, 0.1) is 23.9 Å². The van der Waals surface area contributed by atoms with E-state index in [4.69, 9.17) is 5.26 Å². The number of hydrogen-bond donors (Lipinski definition) is 2. The van der Waals surface area contributed by atoms with Crippen molar-refractivity contribution in [2.45, 2.75) is 6.92 Å². The second-order valence-electron chi connectivity index (χ2n) is 4.72. The summed E-state index contributed by atoms with van der Waals surface area (Å²) < 4.78 is 1.46. The lowest BCUT2D eigenvalue weighted by Crippen LogP contribution is -2.33. The smallest absolute Gasteiger partial charge is 0.269 e. The van der Waals surface area contributed by atoms with Gasteiger partial charge in [0, 0.05) is 12.7 Å². The molecule has 2 aromatic rings. The summed E-state index contributed by atoms with van der Waals surface area (Å²) in [6.45, 7) is 1.62. The van der Waals surface area contributed by atoms with E-state index in [1.165, 1.54) is 4.68 Å². The number of amides is 2. The zero-order chi connectivity index (χ0) is 16.1. The van der Waals surface area contributed by atoms with Crippen LogP contribution in [0, 0.1) is 18.3 Å². The Morgan fingerprint density at radius 3 is 2.77 bits per heavy atom. The van der Waals surface area contributed by atoms with E-state index >= 15 is 0 Å². The van der Waals surface area contributed by atoms with E-state index in [1.54, 1.807) is 44.3 Å². The summed E-state index contributed by atoms with van der Waals surface area (Å²) in [4.78, 5) is 23.7. The number of rotatable bonds is 4. The minimum Gasteiger partial charge on any atom is -0.342 e. The fourth-order valence-corrected chi connectivity index (χ4v) is 1.95. The number of nitrogens with one attached hydrogen (secondary N) is 2. The Kier molecular flexibility index (Phi) is 4.53. The third kappa shape index (κ3) is 3.70. The molecule has 1 aromatic carbocycles. The maximum Gasteiger partial charge on any atom is 0.269 e. The monoisotopic (exact) mass is 297 g/mol. The molecule has 0 saturated heterocycles. The molecule has 7 heteroatoms. The van der Waals surface area contributed by atoms with Gasteiger partial charge in [0.25, 0.3) is 5.91 Å². The Hall–Kier alpha value is -3.14. The predicted octanol–water partition coefficient (Wildman–Crippen LogP) is 0.969. The van der Waals surface area contributed by atoms with Gasteiger partial charge in [-0.1, -0.05) is 6.07 Å². The lowest BCUT2D eigenvalue weighted by molar-refractivity contribution is -0.115. The van der Waals surface area contributed by atoms with Gasteiger partial charge in [0.1, 0.15) is 5.69 Å². The maximum absolute atomic E-state index is 11.9. The van der Waals surface area contributed by atoms with Crippen LogP contribution < -0.4 is 10.6 Å². The quantitative estimate of drug-likeness (QED) is 0.878. The molecule has 0 fully saturated rings. The molecule has 2 rings (SSSR count). The lowest BCUT2D eigenvalue weighted by atomic mass is 10.2. The van der Waals surface area contributed by atoms with Gasteiger partial charge in [-0.2, -0.15) is 10.4 Å². The van der Waals surface area contributed by atoms with Crippen molar-refractivity contribution < 1.29 is 9.59 Å². The number of benzene rings is 1. The number of nitriles is 1. The van der Waals surface area contributed by atoms with E-state index in [0.29, 0.717) is 16.9 Å². The highest BCUT2D eigenvalue weighted by atomic mass is 16.2. The van der Waals surface area contributed by atoms with Crippen molar-refractivity contribution >= 4 is 17.5 Å². The molecular weight excluding hydrogens is 282 g/mol. The molecule has 0 aliphatic carbocycles. The first-order valence-electron chi connectivity index (χ1n) is 6.58. The number of hydrogen-bond acceptors (Lipinski definition) is 4. The van der Waals surface area contributed by atoms with Gasteiger partial charge in [-0.3, -0.25) is 14.3 Å². The zero-order valence-electron chi connectivity index (χ0n) is 12.3. The minimum absolute atomic E-state index is 0.167. The van der Waals surface area contributed by atoms with Gasteiger partial charge < -0.3 is 10.6 Å². The topological polar surface area (TPSA) is 99.8 Å². The summed E-state index contributed by atoms with van der Waals surface area (Å²) in [7, 11) is 1.66. The van der Waals surface area contributed by atoms with Crippen LogP contribution in [0.3, 0.4) is 0 Å². The fourth-order valence-electron chi connectivity index (χ4n) is 1.95. The largest absolute Gasteiger partial charge is 0.342 e. The molecule has 0 aliphatic heterocycles. The van der Waals surface area contributed by atoms with Crippen molar-refractivity contribution in [3.05, 3.63) is 47.3 Å². The predicted molar refractivity (Wildman–Crippen MR) is 80.1 cm³/mol. The fraction of sp³-hybridized carbons (Fsp3) is 0.200. The van der Waals surface area contributed by atoms with Gasteiger partial charge in [0.2, 0.25) is 5.91 Å². The molecule has 2 N–H and O–H groups in total. The molecule has 0 radical (unpaired) electrons. The minimum atomic E-state index is -0.373. The third-order valence-electron chi connectivity index (χ3n) is 2.92. The Morgan fingerprint density at radius 1 is 1.36 bits per heavy atom. The average Bonchev–Trinajstić information content (AvgIpc) is 2.83. The summed E-state index contributed by atoms with van der Waals surface area (Å²) in [5.41, 5.74) is 2.07. The first kappa shape index (κ1) is 15.3. The number of nitrogens with zero attached hydrogens (tertiary/aromatic N) is 3. The van der Waals surface area contributed by atoms with Gasteiger partial charge in [0.15, 0.2) is 0 Å². The van der Waals surface area contributed by atoms with E-state index < -0.39 is 0 Å². The van der Waals surface area contributed by atoms with Crippen LogP contribution in [0.1, 0.15) is 21.7 Å². The summed E-state index contributed by atoms with van der Waals surface area (Å²) in [5.74, 6) is -0.744. The highest BCUT2D eigenvalue weighted by Crippen LogP contribution is 2.09. The summed E-state index contributed by atoms with van der Waals surface area (Å²) >= 11 is 0. The maximum atomic E-state index is 11.9. The molecule has 1 aromatic heterocycles. The Labute approximate surface area is 127 Å². The van der Waals surface area contributed by atoms with Crippen molar-refractivity contribution in [3.8, 4) is 6.07 Å². The number of carbonyl (C=O) groups excluding carboxylic acids is 2. The second kappa shape index (κ2) is 6.54. The molecule has 1 heterocycles. The second-order valence-corrected chi connectivity index (χ2v) is 4.72. The van der Waals surface area contributed by atoms with Crippen LogP contribution in [0.25, 0.3) is 0 Å². The highest BCUT2D eigenvalue weighted by Gasteiger charge is 2.13. The van der Waals surface area contributed by atoms with Gasteiger partial charge in [-0.25, -0.2) is 0 Å². The van der Waals surface area contributed by atoms with E-state index in [0.717, 1.165) is 5.69 Å². The lowest BCUT2D eigenvalue weighted by Gasteiger charge is -2.07. The number of carbonyl (C=O) groups is 2. The van der Waals surface area contributed by atoms with E-state index in [1.807, 2.05) is 6.07 Å². The van der Waals surface area contributed by atoms with Crippen molar-refractivity contribution in [1.29, 1.82) is 5.26 Å². The number of anilines is 1. The molecule has 0 spiro atoms. The van der Waals surface area contributed by atoms with Crippen LogP contribution in [0.4, 0.5) is 5.69 Å². The molecular formula is C15H15N5O2. The van der Waals surface area contributed by atoms with Crippen LogP contribution >= 0.6 is 0 Å². The molecule has 0 aliphatic rings. The highest BCUT2D eigenvalue weighted by molar-refractivity contribution is 5.98. The Balaban J connectivity index is 1.91. The standard InChI is InChI=1S/C15H15N5O2/c1-10-6-13(20(2)19-10)15(22)17-9-14(21)18-12-5-3-4-11(7-12)8-16/h3-7H,9H2,1-2H3,(H,17,22)(H,18,21). The van der Waals surface area contributed by atoms with Crippen molar-refractivity contribution in [2.75, 3.05) is 11.9 Å². The number of aromatic nitrogens is 2. The first-order valence-corrected chi connectivity index (χ1v) is 6.58.